The topological polar surface area (TPSA) is 79.7 Å². The Bertz CT molecular complexity index is 532. The Balaban J connectivity index is 2.41. The summed E-state index contributed by atoms with van der Waals surface area (Å²) in [7, 11) is 1.73. The van der Waals surface area contributed by atoms with E-state index in [9.17, 15) is 4.79 Å². The molecular weight excluding hydrogens is 318 g/mol. The number of aromatic nitrogens is 1. The van der Waals surface area contributed by atoms with Gasteiger partial charge in [-0.25, -0.2) is 4.79 Å². The maximum atomic E-state index is 12.0. The highest BCUT2D eigenvalue weighted by Gasteiger charge is 2.21. The average Bonchev–Trinajstić information content (AvgIpc) is 3.00. The highest BCUT2D eigenvalue weighted by Crippen LogP contribution is 2.08. The van der Waals surface area contributed by atoms with Gasteiger partial charge in [0.2, 0.25) is 0 Å². The maximum absolute atomic E-state index is 12.0. The summed E-state index contributed by atoms with van der Waals surface area (Å²) in [6.45, 7) is 11.9. The lowest BCUT2D eigenvalue weighted by Crippen LogP contribution is -2.50. The molecule has 1 rings (SSSR count). The zero-order valence-electron chi connectivity index (χ0n) is 16.3. The van der Waals surface area contributed by atoms with E-state index in [1.807, 2.05) is 45.3 Å². The smallest absolute Gasteiger partial charge is 0.407 e. The third-order valence-electron chi connectivity index (χ3n) is 3.55. The van der Waals surface area contributed by atoms with Crippen molar-refractivity contribution in [1.29, 1.82) is 0 Å². The minimum absolute atomic E-state index is 0.0575. The zero-order chi connectivity index (χ0) is 18.9. The van der Waals surface area contributed by atoms with Gasteiger partial charge in [0.05, 0.1) is 6.04 Å². The van der Waals surface area contributed by atoms with E-state index in [-0.39, 0.29) is 12.0 Å². The number of hydrogen-bond acceptors (Lipinski definition) is 3. The van der Waals surface area contributed by atoms with Crippen molar-refractivity contribution in [3.05, 3.63) is 24.5 Å². The number of nitrogens with zero attached hydrogens (tertiary/aromatic N) is 2. The van der Waals surface area contributed by atoms with Gasteiger partial charge in [-0.05, 0) is 38.8 Å². The van der Waals surface area contributed by atoms with Crippen LogP contribution in [-0.2, 0) is 11.3 Å². The van der Waals surface area contributed by atoms with Crippen molar-refractivity contribution in [3.63, 3.8) is 0 Å². The molecule has 0 bridgehead atoms. The largest absolute Gasteiger partial charge is 0.444 e. The van der Waals surface area contributed by atoms with E-state index < -0.39 is 11.7 Å². The fourth-order valence-electron chi connectivity index (χ4n) is 2.16. The second kappa shape index (κ2) is 9.96. The third kappa shape index (κ3) is 9.02. The first-order valence-electron chi connectivity index (χ1n) is 8.76. The summed E-state index contributed by atoms with van der Waals surface area (Å²) in [4.78, 5) is 16.2. The fourth-order valence-corrected chi connectivity index (χ4v) is 2.16. The summed E-state index contributed by atoms with van der Waals surface area (Å²) >= 11 is 0. The van der Waals surface area contributed by atoms with Crippen LogP contribution >= 0.6 is 0 Å². The van der Waals surface area contributed by atoms with Crippen LogP contribution in [0.5, 0.6) is 0 Å². The molecule has 0 saturated carbocycles. The molecule has 1 amide bonds. The van der Waals surface area contributed by atoms with Gasteiger partial charge in [-0.2, -0.15) is 0 Å². The molecule has 142 valence electrons. The van der Waals surface area contributed by atoms with Gasteiger partial charge in [0.25, 0.3) is 0 Å². The lowest BCUT2D eigenvalue weighted by atomic mass is 10.0. The standard InChI is InChI=1S/C18H33N5O2/c1-14(2)15(22-17(24)25-18(3,4)5)13-21-16(19-6)20-9-12-23-10-7-8-11-23/h7-8,10-11,14-15H,9,12-13H2,1-6H3,(H,22,24)(H2,19,20,21). The van der Waals surface area contributed by atoms with Crippen molar-refractivity contribution in [2.24, 2.45) is 10.9 Å². The number of amides is 1. The molecule has 7 nitrogen and oxygen atoms in total. The number of alkyl carbamates (subject to hydrolysis) is 1. The van der Waals surface area contributed by atoms with Crippen molar-refractivity contribution < 1.29 is 9.53 Å². The molecule has 0 aliphatic rings. The normalized spacial score (nSPS) is 13.5. The lowest BCUT2D eigenvalue weighted by molar-refractivity contribution is 0.0491. The molecule has 0 fully saturated rings. The molecule has 1 atom stereocenters. The molecule has 1 heterocycles. The van der Waals surface area contributed by atoms with Gasteiger partial charge in [0.15, 0.2) is 5.96 Å². The second-order valence-corrected chi connectivity index (χ2v) is 7.30. The summed E-state index contributed by atoms with van der Waals surface area (Å²) in [5.41, 5.74) is -0.505. The maximum Gasteiger partial charge on any atom is 0.407 e. The summed E-state index contributed by atoms with van der Waals surface area (Å²) in [5.74, 6) is 0.974. The first kappa shape index (κ1) is 20.9. The minimum atomic E-state index is -0.505. The average molecular weight is 351 g/mol. The molecule has 7 heteroatoms. The first-order valence-corrected chi connectivity index (χ1v) is 8.76. The van der Waals surface area contributed by atoms with Crippen molar-refractivity contribution in [3.8, 4) is 0 Å². The molecule has 0 radical (unpaired) electrons. The highest BCUT2D eigenvalue weighted by molar-refractivity contribution is 5.79. The van der Waals surface area contributed by atoms with E-state index in [0.29, 0.717) is 12.5 Å². The van der Waals surface area contributed by atoms with Gasteiger partial charge in [-0.3, -0.25) is 4.99 Å². The fraction of sp³-hybridized carbons (Fsp3) is 0.667. The molecule has 0 saturated heterocycles. The molecule has 1 unspecified atom stereocenters. The van der Waals surface area contributed by atoms with E-state index in [2.05, 4.69) is 39.4 Å². The monoisotopic (exact) mass is 351 g/mol. The van der Waals surface area contributed by atoms with Gasteiger partial charge in [-0.15, -0.1) is 0 Å². The SMILES string of the molecule is CN=C(NCCn1cccc1)NCC(NC(=O)OC(C)(C)C)C(C)C. The number of guanidine groups is 1. The Kier molecular flexibility index (Phi) is 8.31. The third-order valence-corrected chi connectivity index (χ3v) is 3.55. The van der Waals surface area contributed by atoms with Crippen LogP contribution in [0.15, 0.2) is 29.5 Å². The molecule has 1 aromatic heterocycles. The number of carbonyl (C=O) groups excluding carboxylic acids is 1. The van der Waals surface area contributed by atoms with Crippen LogP contribution in [0.4, 0.5) is 4.79 Å². The number of ether oxygens (including phenoxy) is 1. The Hall–Kier alpha value is -2.18. The molecule has 25 heavy (non-hydrogen) atoms. The van der Waals surface area contributed by atoms with Crippen LogP contribution < -0.4 is 16.0 Å². The van der Waals surface area contributed by atoms with Gasteiger partial charge in [0, 0.05) is 39.1 Å². The van der Waals surface area contributed by atoms with E-state index >= 15 is 0 Å². The van der Waals surface area contributed by atoms with E-state index in [1.165, 1.54) is 0 Å². The van der Waals surface area contributed by atoms with Crippen LogP contribution in [0.2, 0.25) is 0 Å². The predicted octanol–water partition coefficient (Wildman–Crippen LogP) is 2.20. The number of hydrogen-bond donors (Lipinski definition) is 3. The van der Waals surface area contributed by atoms with Gasteiger partial charge < -0.3 is 25.3 Å². The Morgan fingerprint density at radius 3 is 2.36 bits per heavy atom. The van der Waals surface area contributed by atoms with Gasteiger partial charge in [0.1, 0.15) is 5.60 Å². The molecule has 1 aromatic rings. The predicted molar refractivity (Wildman–Crippen MR) is 102 cm³/mol. The quantitative estimate of drug-likeness (QED) is 0.520. The molecule has 0 spiro atoms. The number of rotatable bonds is 7. The molecule has 0 aliphatic heterocycles. The van der Waals surface area contributed by atoms with E-state index in [4.69, 9.17) is 4.74 Å². The molecule has 3 N–H and O–H groups in total. The lowest BCUT2D eigenvalue weighted by Gasteiger charge is -2.26. The minimum Gasteiger partial charge on any atom is -0.444 e. The Morgan fingerprint density at radius 1 is 1.20 bits per heavy atom. The van der Waals surface area contributed by atoms with Crippen molar-refractivity contribution >= 4 is 12.1 Å². The number of carbonyl (C=O) groups is 1. The molecule has 0 aliphatic carbocycles. The number of aliphatic imine (C=N–C) groups is 1. The summed E-state index contributed by atoms with van der Waals surface area (Å²) in [6.07, 6.45) is 3.65. The number of nitrogens with one attached hydrogen (secondary N) is 3. The summed E-state index contributed by atoms with van der Waals surface area (Å²) in [6, 6.07) is 3.95. The summed E-state index contributed by atoms with van der Waals surface area (Å²) < 4.78 is 7.43. The Labute approximate surface area is 151 Å². The van der Waals surface area contributed by atoms with Crippen LogP contribution in [-0.4, -0.2) is 48.4 Å². The molecule has 0 aromatic carbocycles. The van der Waals surface area contributed by atoms with Crippen molar-refractivity contribution in [2.75, 3.05) is 20.1 Å². The molecular formula is C18H33N5O2. The van der Waals surface area contributed by atoms with E-state index in [1.54, 1.807) is 7.05 Å². The van der Waals surface area contributed by atoms with Gasteiger partial charge in [-0.1, -0.05) is 13.8 Å². The van der Waals surface area contributed by atoms with Gasteiger partial charge >= 0.3 is 6.09 Å². The van der Waals surface area contributed by atoms with Crippen LogP contribution in [0.1, 0.15) is 34.6 Å². The second-order valence-electron chi connectivity index (χ2n) is 7.30. The summed E-state index contributed by atoms with van der Waals surface area (Å²) in [5, 5.41) is 9.45. The zero-order valence-corrected chi connectivity index (χ0v) is 16.3. The van der Waals surface area contributed by atoms with Crippen molar-refractivity contribution in [1.82, 2.24) is 20.5 Å². The first-order chi connectivity index (χ1) is 11.7. The van der Waals surface area contributed by atoms with Crippen molar-refractivity contribution in [2.45, 2.75) is 52.8 Å². The van der Waals surface area contributed by atoms with Crippen LogP contribution in [0.3, 0.4) is 0 Å². The van der Waals surface area contributed by atoms with E-state index in [0.717, 1.165) is 13.1 Å². The highest BCUT2D eigenvalue weighted by atomic mass is 16.6. The van der Waals surface area contributed by atoms with Crippen LogP contribution in [0.25, 0.3) is 0 Å². The van der Waals surface area contributed by atoms with Crippen LogP contribution in [0, 0.1) is 5.92 Å². The Morgan fingerprint density at radius 2 is 1.84 bits per heavy atom.